The standard InChI is InChI=1S/C23H26N2O7S/c1-15-7-8-19(14-20(15)21(26)25-9-5-4-6-10-25)33(29,30)24-18-12-16(22(27)31-2)11-17(13-18)23(28)32-3/h7-8,11-14,24H,4-6,9-10H2,1-3H3. The van der Waals surface area contributed by atoms with Crippen molar-refractivity contribution in [2.75, 3.05) is 32.0 Å². The number of piperidine rings is 1. The number of hydrogen-bond donors (Lipinski definition) is 1. The molecule has 0 radical (unpaired) electrons. The topological polar surface area (TPSA) is 119 Å². The number of hydrogen-bond acceptors (Lipinski definition) is 7. The quantitative estimate of drug-likeness (QED) is 0.639. The van der Waals surface area contributed by atoms with Crippen molar-refractivity contribution >= 4 is 33.6 Å². The molecule has 1 aliphatic heterocycles. The highest BCUT2D eigenvalue weighted by atomic mass is 32.2. The summed E-state index contributed by atoms with van der Waals surface area (Å²) in [6, 6.07) is 8.08. The summed E-state index contributed by atoms with van der Waals surface area (Å²) < 4.78 is 37.9. The van der Waals surface area contributed by atoms with Crippen molar-refractivity contribution in [3.63, 3.8) is 0 Å². The minimum Gasteiger partial charge on any atom is -0.465 e. The second kappa shape index (κ2) is 10.0. The first-order valence-electron chi connectivity index (χ1n) is 10.4. The van der Waals surface area contributed by atoms with E-state index in [-0.39, 0.29) is 27.6 Å². The van der Waals surface area contributed by atoms with Gasteiger partial charge in [-0.15, -0.1) is 0 Å². The first-order valence-corrected chi connectivity index (χ1v) is 11.9. The number of aryl methyl sites for hydroxylation is 1. The molecule has 0 bridgehead atoms. The summed E-state index contributed by atoms with van der Waals surface area (Å²) in [4.78, 5) is 38.5. The van der Waals surface area contributed by atoms with Crippen molar-refractivity contribution in [1.82, 2.24) is 4.90 Å². The van der Waals surface area contributed by atoms with Crippen molar-refractivity contribution in [2.45, 2.75) is 31.1 Å². The van der Waals surface area contributed by atoms with Gasteiger partial charge >= 0.3 is 11.9 Å². The molecular formula is C23H26N2O7S. The van der Waals surface area contributed by atoms with Gasteiger partial charge in [-0.3, -0.25) is 9.52 Å². The number of methoxy groups -OCH3 is 2. The van der Waals surface area contributed by atoms with Crippen LogP contribution in [0.2, 0.25) is 0 Å². The van der Waals surface area contributed by atoms with E-state index in [0.29, 0.717) is 24.2 Å². The second-order valence-electron chi connectivity index (χ2n) is 7.72. The van der Waals surface area contributed by atoms with Crippen molar-refractivity contribution in [2.24, 2.45) is 0 Å². The summed E-state index contributed by atoms with van der Waals surface area (Å²) in [7, 11) is -1.80. The maximum atomic E-state index is 13.1. The average Bonchev–Trinajstić information content (AvgIpc) is 2.82. The van der Waals surface area contributed by atoms with Crippen LogP contribution in [-0.2, 0) is 19.5 Å². The summed E-state index contributed by atoms with van der Waals surface area (Å²) >= 11 is 0. The number of likely N-dealkylation sites (tertiary alicyclic amines) is 1. The van der Waals surface area contributed by atoms with E-state index in [9.17, 15) is 22.8 Å². The first-order chi connectivity index (χ1) is 15.7. The minimum absolute atomic E-state index is 0.0250. The summed E-state index contributed by atoms with van der Waals surface area (Å²) in [6.45, 7) is 3.04. The number of carbonyl (C=O) groups excluding carboxylic acids is 3. The van der Waals surface area contributed by atoms with Crippen LogP contribution >= 0.6 is 0 Å². The van der Waals surface area contributed by atoms with E-state index in [1.165, 1.54) is 44.6 Å². The summed E-state index contributed by atoms with van der Waals surface area (Å²) in [5.74, 6) is -1.69. The predicted molar refractivity (Wildman–Crippen MR) is 121 cm³/mol. The SMILES string of the molecule is COC(=O)c1cc(NS(=O)(=O)c2ccc(C)c(C(=O)N3CCCCC3)c2)cc(C(=O)OC)c1. The third kappa shape index (κ3) is 5.51. The number of nitrogens with zero attached hydrogens (tertiary/aromatic N) is 1. The van der Waals surface area contributed by atoms with Crippen LogP contribution in [-0.4, -0.2) is 58.5 Å². The minimum atomic E-state index is -4.14. The van der Waals surface area contributed by atoms with E-state index in [1.54, 1.807) is 17.9 Å². The first kappa shape index (κ1) is 24.2. The molecule has 9 nitrogen and oxygen atoms in total. The summed E-state index contributed by atoms with van der Waals surface area (Å²) in [5.41, 5.74) is 0.914. The zero-order valence-corrected chi connectivity index (χ0v) is 19.5. The van der Waals surface area contributed by atoms with Gasteiger partial charge in [0.1, 0.15) is 0 Å². The highest BCUT2D eigenvalue weighted by Crippen LogP contribution is 2.24. The highest BCUT2D eigenvalue weighted by molar-refractivity contribution is 7.92. The molecule has 3 rings (SSSR count). The van der Waals surface area contributed by atoms with Crippen molar-refractivity contribution in [3.05, 3.63) is 58.7 Å². The van der Waals surface area contributed by atoms with E-state index < -0.39 is 22.0 Å². The van der Waals surface area contributed by atoms with Crippen LogP contribution in [0.5, 0.6) is 0 Å². The molecule has 1 fully saturated rings. The fourth-order valence-corrected chi connectivity index (χ4v) is 4.70. The fraction of sp³-hybridized carbons (Fsp3) is 0.348. The van der Waals surface area contributed by atoms with Crippen LogP contribution in [0.1, 0.15) is 55.9 Å². The molecule has 0 unspecified atom stereocenters. The lowest BCUT2D eigenvalue weighted by molar-refractivity contribution is 0.0598. The van der Waals surface area contributed by atoms with Crippen LogP contribution in [0.25, 0.3) is 0 Å². The molecular weight excluding hydrogens is 448 g/mol. The number of anilines is 1. The molecule has 1 saturated heterocycles. The maximum absolute atomic E-state index is 13.1. The van der Waals surface area contributed by atoms with Gasteiger partial charge in [0.2, 0.25) is 0 Å². The van der Waals surface area contributed by atoms with Gasteiger partial charge in [-0.05, 0) is 62.1 Å². The normalized spacial score (nSPS) is 13.8. The Bertz CT molecular complexity index is 1150. The van der Waals surface area contributed by atoms with Crippen molar-refractivity contribution in [1.29, 1.82) is 0 Å². The molecule has 2 aromatic carbocycles. The van der Waals surface area contributed by atoms with Crippen molar-refractivity contribution in [3.8, 4) is 0 Å². The molecule has 10 heteroatoms. The highest BCUT2D eigenvalue weighted by Gasteiger charge is 2.24. The van der Waals surface area contributed by atoms with Crippen LogP contribution in [0.4, 0.5) is 5.69 Å². The number of nitrogens with one attached hydrogen (secondary N) is 1. The molecule has 176 valence electrons. The van der Waals surface area contributed by atoms with E-state index >= 15 is 0 Å². The van der Waals surface area contributed by atoms with E-state index in [2.05, 4.69) is 14.2 Å². The Morgan fingerprint density at radius 1 is 0.879 bits per heavy atom. The van der Waals surface area contributed by atoms with Gasteiger partial charge in [0.05, 0.1) is 35.9 Å². The van der Waals surface area contributed by atoms with Gasteiger partial charge in [-0.25, -0.2) is 18.0 Å². The second-order valence-corrected chi connectivity index (χ2v) is 9.40. The van der Waals surface area contributed by atoms with Crippen LogP contribution < -0.4 is 4.72 Å². The van der Waals surface area contributed by atoms with Gasteiger partial charge in [-0.2, -0.15) is 0 Å². The monoisotopic (exact) mass is 474 g/mol. The van der Waals surface area contributed by atoms with Gasteiger partial charge in [0.15, 0.2) is 0 Å². The predicted octanol–water partition coefficient (Wildman–Crippen LogP) is 3.00. The zero-order valence-electron chi connectivity index (χ0n) is 18.7. The number of rotatable bonds is 6. The van der Waals surface area contributed by atoms with Gasteiger partial charge < -0.3 is 14.4 Å². The molecule has 1 aliphatic rings. The molecule has 2 aromatic rings. The van der Waals surface area contributed by atoms with Crippen LogP contribution in [0.3, 0.4) is 0 Å². The van der Waals surface area contributed by atoms with Gasteiger partial charge in [0.25, 0.3) is 15.9 Å². The Hall–Kier alpha value is -3.40. The third-order valence-electron chi connectivity index (χ3n) is 5.42. The molecule has 0 spiro atoms. The van der Waals surface area contributed by atoms with Gasteiger partial charge in [-0.1, -0.05) is 6.07 Å². The van der Waals surface area contributed by atoms with Gasteiger partial charge in [0, 0.05) is 18.7 Å². The van der Waals surface area contributed by atoms with Crippen LogP contribution in [0.15, 0.2) is 41.3 Å². The van der Waals surface area contributed by atoms with Crippen molar-refractivity contribution < 1.29 is 32.3 Å². The Morgan fingerprint density at radius 2 is 1.45 bits per heavy atom. The number of ether oxygens (including phenoxy) is 2. The Balaban J connectivity index is 1.95. The third-order valence-corrected chi connectivity index (χ3v) is 6.80. The number of sulfonamides is 1. The average molecular weight is 475 g/mol. The molecule has 1 heterocycles. The van der Waals surface area contributed by atoms with E-state index in [1.807, 2.05) is 0 Å². The number of esters is 2. The molecule has 0 aromatic heterocycles. The number of carbonyl (C=O) groups is 3. The molecule has 1 amide bonds. The molecule has 33 heavy (non-hydrogen) atoms. The zero-order chi connectivity index (χ0) is 24.2. The Kier molecular flexibility index (Phi) is 7.37. The largest absolute Gasteiger partial charge is 0.465 e. The smallest absolute Gasteiger partial charge is 0.337 e. The lowest BCUT2D eigenvalue weighted by Crippen LogP contribution is -2.36. The summed E-state index contributed by atoms with van der Waals surface area (Å²) in [6.07, 6.45) is 2.91. The van der Waals surface area contributed by atoms with Crippen LogP contribution in [0, 0.1) is 6.92 Å². The Labute approximate surface area is 192 Å². The Morgan fingerprint density at radius 3 is 2.00 bits per heavy atom. The van der Waals surface area contributed by atoms with E-state index in [4.69, 9.17) is 0 Å². The molecule has 1 N–H and O–H groups in total. The summed E-state index contributed by atoms with van der Waals surface area (Å²) in [5, 5.41) is 0. The number of benzene rings is 2. The van der Waals surface area contributed by atoms with E-state index in [0.717, 1.165) is 19.3 Å². The molecule has 0 saturated carbocycles. The lowest BCUT2D eigenvalue weighted by Gasteiger charge is -2.27. The number of amides is 1. The molecule has 0 aliphatic carbocycles. The molecule has 0 atom stereocenters. The fourth-order valence-electron chi connectivity index (χ4n) is 3.64. The maximum Gasteiger partial charge on any atom is 0.337 e. The lowest BCUT2D eigenvalue weighted by atomic mass is 10.1.